The SMILES string of the molecule is C[C@H](CO)N1C[C@H](C)[C@H](CN(C)C(=O)Nc2ccc(F)cc2)Oc2c(NC(=O)NC3CCCCC3)cccc2C1=O. The number of rotatable bonds is 7. The third kappa shape index (κ3) is 7.66. The number of anilines is 2. The van der Waals surface area contributed by atoms with E-state index in [0.717, 1.165) is 25.7 Å². The number of likely N-dealkylation sites (N-methyl/N-ethyl adjacent to an activating group) is 1. The highest BCUT2D eigenvalue weighted by Gasteiger charge is 2.35. The summed E-state index contributed by atoms with van der Waals surface area (Å²) in [5.41, 5.74) is 1.05. The number of aliphatic hydroxyl groups is 1. The Labute approximate surface area is 240 Å². The molecule has 0 aromatic heterocycles. The van der Waals surface area contributed by atoms with E-state index < -0.39 is 24.0 Å². The molecule has 10 nitrogen and oxygen atoms in total. The molecule has 222 valence electrons. The van der Waals surface area contributed by atoms with E-state index in [-0.39, 0.29) is 54.9 Å². The number of nitrogens with one attached hydrogen (secondary N) is 3. The first-order valence-corrected chi connectivity index (χ1v) is 14.2. The maximum absolute atomic E-state index is 13.7. The molecule has 2 aromatic carbocycles. The van der Waals surface area contributed by atoms with E-state index in [1.54, 1.807) is 37.1 Å². The van der Waals surface area contributed by atoms with Crippen molar-refractivity contribution < 1.29 is 28.6 Å². The highest BCUT2D eigenvalue weighted by atomic mass is 19.1. The van der Waals surface area contributed by atoms with E-state index in [4.69, 9.17) is 4.74 Å². The quantitative estimate of drug-likeness (QED) is 0.386. The van der Waals surface area contributed by atoms with Gasteiger partial charge in [-0.25, -0.2) is 14.0 Å². The first-order chi connectivity index (χ1) is 19.7. The van der Waals surface area contributed by atoms with Gasteiger partial charge < -0.3 is 35.6 Å². The average Bonchev–Trinajstić information content (AvgIpc) is 2.96. The minimum atomic E-state index is -0.566. The molecule has 1 heterocycles. The minimum absolute atomic E-state index is 0.0961. The van der Waals surface area contributed by atoms with Gasteiger partial charge in [0.05, 0.1) is 30.4 Å². The van der Waals surface area contributed by atoms with Crippen LogP contribution in [0.15, 0.2) is 42.5 Å². The normalized spacial score (nSPS) is 20.1. The molecule has 2 aromatic rings. The molecule has 4 rings (SSSR count). The van der Waals surface area contributed by atoms with Crippen molar-refractivity contribution in [1.82, 2.24) is 15.1 Å². The van der Waals surface area contributed by atoms with E-state index in [0.29, 0.717) is 11.4 Å². The van der Waals surface area contributed by atoms with Crippen LogP contribution >= 0.6 is 0 Å². The Bertz CT molecular complexity index is 1220. The van der Waals surface area contributed by atoms with Crippen molar-refractivity contribution in [2.45, 2.75) is 64.1 Å². The van der Waals surface area contributed by atoms with Gasteiger partial charge in [-0.2, -0.15) is 0 Å². The van der Waals surface area contributed by atoms with E-state index in [9.17, 15) is 23.9 Å². The number of halogens is 1. The number of hydrogen-bond donors (Lipinski definition) is 4. The third-order valence-corrected chi connectivity index (χ3v) is 7.78. The summed E-state index contributed by atoms with van der Waals surface area (Å²) in [5.74, 6) is -0.743. The summed E-state index contributed by atoms with van der Waals surface area (Å²) < 4.78 is 19.8. The molecule has 2 aliphatic rings. The van der Waals surface area contributed by atoms with Crippen LogP contribution in [0.1, 0.15) is 56.3 Å². The first-order valence-electron chi connectivity index (χ1n) is 14.2. The van der Waals surface area contributed by atoms with Crippen LogP contribution in [0.3, 0.4) is 0 Å². The van der Waals surface area contributed by atoms with E-state index in [1.165, 1.54) is 35.6 Å². The zero-order chi connectivity index (χ0) is 29.5. The van der Waals surface area contributed by atoms with Crippen LogP contribution in [0.5, 0.6) is 5.75 Å². The van der Waals surface area contributed by atoms with Gasteiger partial charge in [-0.3, -0.25) is 4.79 Å². The molecule has 1 fully saturated rings. The molecule has 1 aliphatic heterocycles. The van der Waals surface area contributed by atoms with Crippen molar-refractivity contribution in [2.24, 2.45) is 5.92 Å². The fourth-order valence-corrected chi connectivity index (χ4v) is 5.26. The van der Waals surface area contributed by atoms with E-state index >= 15 is 0 Å². The summed E-state index contributed by atoms with van der Waals surface area (Å²) in [6.07, 6.45) is 4.60. The lowest BCUT2D eigenvalue weighted by Gasteiger charge is -2.38. The molecule has 41 heavy (non-hydrogen) atoms. The van der Waals surface area contributed by atoms with Gasteiger partial charge in [-0.05, 0) is 56.2 Å². The van der Waals surface area contributed by atoms with Gasteiger partial charge >= 0.3 is 12.1 Å². The molecule has 1 aliphatic carbocycles. The van der Waals surface area contributed by atoms with Crippen LogP contribution in [0, 0.1) is 11.7 Å². The smallest absolute Gasteiger partial charge is 0.321 e. The number of benzene rings is 2. The summed E-state index contributed by atoms with van der Waals surface area (Å²) in [5, 5.41) is 18.5. The summed E-state index contributed by atoms with van der Waals surface area (Å²) in [6.45, 7) is 3.91. The molecular weight excluding hydrogens is 529 g/mol. The second-order valence-electron chi connectivity index (χ2n) is 11.1. The van der Waals surface area contributed by atoms with Gasteiger partial charge in [0, 0.05) is 31.2 Å². The zero-order valence-electron chi connectivity index (χ0n) is 23.9. The third-order valence-electron chi connectivity index (χ3n) is 7.78. The highest BCUT2D eigenvalue weighted by molar-refractivity contribution is 6.01. The molecule has 0 unspecified atom stereocenters. The molecular formula is C30H40FN5O5. The molecule has 0 radical (unpaired) electrons. The Hall–Kier alpha value is -3.86. The molecule has 11 heteroatoms. The van der Waals surface area contributed by atoms with Crippen LogP contribution in [-0.4, -0.2) is 77.8 Å². The lowest BCUT2D eigenvalue weighted by molar-refractivity contribution is 0.0373. The Morgan fingerprint density at radius 3 is 2.51 bits per heavy atom. The molecule has 0 bridgehead atoms. The summed E-state index contributed by atoms with van der Waals surface area (Å²) in [4.78, 5) is 42.6. The number of fused-ring (bicyclic) bond motifs is 1. The predicted molar refractivity (Wildman–Crippen MR) is 155 cm³/mol. The van der Waals surface area contributed by atoms with Crippen molar-refractivity contribution in [3.05, 3.63) is 53.8 Å². The second kappa shape index (κ2) is 13.7. The van der Waals surface area contributed by atoms with Crippen LogP contribution in [-0.2, 0) is 0 Å². The summed E-state index contributed by atoms with van der Waals surface area (Å²) in [7, 11) is 1.62. The standard InChI is InChI=1S/C30H40FN5O5/c1-19-16-36(20(2)18-37)28(38)24-10-7-11-25(34-29(39)32-22-8-5-4-6-9-22)27(24)41-26(19)17-35(3)30(40)33-23-14-12-21(31)13-15-23/h7,10-15,19-20,22,26,37H,4-6,8-9,16-18H2,1-3H3,(H,33,40)(H2,32,34,39)/t19-,20+,26-/m0/s1. The number of urea groups is 2. The Balaban J connectivity index is 1.58. The predicted octanol–water partition coefficient (Wildman–Crippen LogP) is 4.66. The lowest BCUT2D eigenvalue weighted by atomic mass is 9.96. The zero-order valence-corrected chi connectivity index (χ0v) is 23.9. The van der Waals surface area contributed by atoms with Crippen LogP contribution in [0.4, 0.5) is 25.4 Å². The van der Waals surface area contributed by atoms with Crippen molar-refractivity contribution in [1.29, 1.82) is 0 Å². The fourth-order valence-electron chi connectivity index (χ4n) is 5.26. The maximum atomic E-state index is 13.7. The number of nitrogens with zero attached hydrogens (tertiary/aromatic N) is 2. The number of para-hydroxylation sites is 1. The number of carbonyl (C=O) groups excluding carboxylic acids is 3. The number of ether oxygens (including phenoxy) is 1. The molecule has 0 spiro atoms. The van der Waals surface area contributed by atoms with E-state index in [2.05, 4.69) is 16.0 Å². The summed E-state index contributed by atoms with van der Waals surface area (Å²) >= 11 is 0. The Morgan fingerprint density at radius 2 is 1.83 bits per heavy atom. The van der Waals surface area contributed by atoms with Crippen LogP contribution in [0.2, 0.25) is 0 Å². The minimum Gasteiger partial charge on any atom is -0.485 e. The Morgan fingerprint density at radius 1 is 1.12 bits per heavy atom. The van der Waals surface area contributed by atoms with Gasteiger partial charge in [-0.15, -0.1) is 0 Å². The maximum Gasteiger partial charge on any atom is 0.321 e. The van der Waals surface area contributed by atoms with Crippen molar-refractivity contribution in [2.75, 3.05) is 37.4 Å². The first kappa shape index (κ1) is 30.1. The van der Waals surface area contributed by atoms with Crippen LogP contribution in [0.25, 0.3) is 0 Å². The van der Waals surface area contributed by atoms with Gasteiger partial charge in [-0.1, -0.05) is 32.3 Å². The van der Waals surface area contributed by atoms with Crippen molar-refractivity contribution in [3.63, 3.8) is 0 Å². The van der Waals surface area contributed by atoms with Crippen LogP contribution < -0.4 is 20.7 Å². The second-order valence-corrected chi connectivity index (χ2v) is 11.1. The van der Waals surface area contributed by atoms with Gasteiger partial charge in [0.25, 0.3) is 5.91 Å². The number of hydrogen-bond acceptors (Lipinski definition) is 5. The Kier molecular flexibility index (Phi) is 10.0. The van der Waals surface area contributed by atoms with Gasteiger partial charge in [0.1, 0.15) is 11.9 Å². The molecule has 1 saturated carbocycles. The van der Waals surface area contributed by atoms with Gasteiger partial charge in [0.15, 0.2) is 5.75 Å². The van der Waals surface area contributed by atoms with Crippen molar-refractivity contribution >= 4 is 29.3 Å². The number of aliphatic hydroxyl groups excluding tert-OH is 1. The van der Waals surface area contributed by atoms with Crippen molar-refractivity contribution in [3.8, 4) is 5.75 Å². The molecule has 0 saturated heterocycles. The van der Waals surface area contributed by atoms with E-state index in [1.807, 2.05) is 6.92 Å². The topological polar surface area (TPSA) is 123 Å². The molecule has 4 N–H and O–H groups in total. The number of carbonyl (C=O) groups is 3. The monoisotopic (exact) mass is 569 g/mol. The molecule has 5 amide bonds. The number of amides is 5. The summed E-state index contributed by atoms with van der Waals surface area (Å²) in [6, 6.07) is 9.33. The fraction of sp³-hybridized carbons (Fsp3) is 0.500. The largest absolute Gasteiger partial charge is 0.485 e. The average molecular weight is 570 g/mol. The van der Waals surface area contributed by atoms with Gasteiger partial charge in [0.2, 0.25) is 0 Å². The highest BCUT2D eigenvalue weighted by Crippen LogP contribution is 2.35. The lowest BCUT2D eigenvalue weighted by Crippen LogP contribution is -2.50. The molecule has 3 atom stereocenters.